The van der Waals surface area contributed by atoms with Gasteiger partial charge in [0.25, 0.3) is 0 Å². The fourth-order valence-electron chi connectivity index (χ4n) is 3.32. The van der Waals surface area contributed by atoms with Gasteiger partial charge in [-0.05, 0) is 39.0 Å². The Kier molecular flexibility index (Phi) is 5.44. The largest absolute Gasteiger partial charge is 0.307 e. The van der Waals surface area contributed by atoms with E-state index in [1.807, 2.05) is 10.9 Å². The van der Waals surface area contributed by atoms with E-state index in [1.165, 1.54) is 44.1 Å². The van der Waals surface area contributed by atoms with Gasteiger partial charge in [-0.2, -0.15) is 5.10 Å². The van der Waals surface area contributed by atoms with Crippen LogP contribution in [0.3, 0.4) is 0 Å². The highest BCUT2D eigenvalue weighted by atomic mass is 15.3. The van der Waals surface area contributed by atoms with Crippen LogP contribution in [0.4, 0.5) is 0 Å². The molecule has 1 saturated carbocycles. The van der Waals surface area contributed by atoms with Gasteiger partial charge >= 0.3 is 0 Å². The van der Waals surface area contributed by atoms with E-state index >= 15 is 0 Å². The first kappa shape index (κ1) is 14.6. The van der Waals surface area contributed by atoms with E-state index in [2.05, 4.69) is 37.4 Å². The lowest BCUT2D eigenvalue weighted by Gasteiger charge is -2.32. The zero-order chi connectivity index (χ0) is 13.7. The molecule has 2 unspecified atom stereocenters. The van der Waals surface area contributed by atoms with Crippen molar-refractivity contribution in [1.82, 2.24) is 15.1 Å². The van der Waals surface area contributed by atoms with Crippen molar-refractivity contribution >= 4 is 0 Å². The Balaban J connectivity index is 1.93. The van der Waals surface area contributed by atoms with Gasteiger partial charge in [0.05, 0.1) is 6.20 Å². The van der Waals surface area contributed by atoms with Gasteiger partial charge in [0.1, 0.15) is 0 Å². The van der Waals surface area contributed by atoms with Crippen LogP contribution in [-0.2, 0) is 6.54 Å². The lowest BCUT2D eigenvalue weighted by molar-refractivity contribution is 0.249. The molecule has 1 N–H and O–H groups in total. The standard InChI is InChI=1S/C16H29N3/c1-4-16(14-9-7-6-8-10-14)18-13(3)15-11-17-19(5-2)12-15/h11-14,16,18H,4-10H2,1-3H3. The van der Waals surface area contributed by atoms with Gasteiger partial charge in [-0.15, -0.1) is 0 Å². The molecule has 0 saturated heterocycles. The molecule has 1 fully saturated rings. The summed E-state index contributed by atoms with van der Waals surface area (Å²) in [6, 6.07) is 1.08. The number of hydrogen-bond acceptors (Lipinski definition) is 2. The SMILES string of the molecule is CCC(NC(C)c1cnn(CC)c1)C1CCCCC1. The van der Waals surface area contributed by atoms with Gasteiger partial charge in [-0.1, -0.05) is 26.2 Å². The van der Waals surface area contributed by atoms with E-state index in [0.717, 1.165) is 12.5 Å². The second-order valence-corrected chi connectivity index (χ2v) is 5.93. The predicted octanol–water partition coefficient (Wildman–Crippen LogP) is 3.91. The Morgan fingerprint density at radius 1 is 1.32 bits per heavy atom. The minimum atomic E-state index is 0.409. The molecule has 0 spiro atoms. The molecule has 2 rings (SSSR count). The zero-order valence-electron chi connectivity index (χ0n) is 12.7. The summed E-state index contributed by atoms with van der Waals surface area (Å²) in [6.07, 6.45) is 12.5. The minimum Gasteiger partial charge on any atom is -0.307 e. The minimum absolute atomic E-state index is 0.409. The molecule has 1 heterocycles. The summed E-state index contributed by atoms with van der Waals surface area (Å²) >= 11 is 0. The van der Waals surface area contributed by atoms with Crippen molar-refractivity contribution in [2.75, 3.05) is 0 Å². The molecular weight excluding hydrogens is 234 g/mol. The molecule has 1 aromatic rings. The normalized spacial score (nSPS) is 20.4. The van der Waals surface area contributed by atoms with Crippen molar-refractivity contribution in [3.8, 4) is 0 Å². The summed E-state index contributed by atoms with van der Waals surface area (Å²) in [6.45, 7) is 7.66. The smallest absolute Gasteiger partial charge is 0.0537 e. The molecule has 3 nitrogen and oxygen atoms in total. The molecule has 19 heavy (non-hydrogen) atoms. The molecule has 0 amide bonds. The number of aryl methyl sites for hydroxylation is 1. The molecule has 108 valence electrons. The molecule has 1 aromatic heterocycles. The van der Waals surface area contributed by atoms with Crippen LogP contribution in [-0.4, -0.2) is 15.8 Å². The molecule has 0 radical (unpaired) electrons. The third-order valence-electron chi connectivity index (χ3n) is 4.60. The monoisotopic (exact) mass is 263 g/mol. The molecule has 0 bridgehead atoms. The average molecular weight is 263 g/mol. The fourth-order valence-corrected chi connectivity index (χ4v) is 3.32. The Morgan fingerprint density at radius 3 is 2.63 bits per heavy atom. The maximum atomic E-state index is 4.38. The van der Waals surface area contributed by atoms with Crippen LogP contribution in [0.25, 0.3) is 0 Å². The number of nitrogens with zero attached hydrogens (tertiary/aromatic N) is 2. The quantitative estimate of drug-likeness (QED) is 0.843. The number of nitrogens with one attached hydrogen (secondary N) is 1. The van der Waals surface area contributed by atoms with Gasteiger partial charge in [0.15, 0.2) is 0 Å². The summed E-state index contributed by atoms with van der Waals surface area (Å²) in [5.74, 6) is 0.877. The van der Waals surface area contributed by atoms with Crippen LogP contribution in [0.15, 0.2) is 12.4 Å². The van der Waals surface area contributed by atoms with Crippen LogP contribution in [0.5, 0.6) is 0 Å². The van der Waals surface area contributed by atoms with Crippen LogP contribution in [0, 0.1) is 5.92 Å². The third kappa shape index (κ3) is 3.82. The number of aromatic nitrogens is 2. The summed E-state index contributed by atoms with van der Waals surface area (Å²) in [5.41, 5.74) is 1.32. The molecule has 0 aliphatic heterocycles. The molecular formula is C16H29N3. The van der Waals surface area contributed by atoms with E-state index in [4.69, 9.17) is 0 Å². The molecule has 0 aromatic carbocycles. The summed E-state index contributed by atoms with van der Waals surface area (Å²) in [4.78, 5) is 0. The van der Waals surface area contributed by atoms with E-state index < -0.39 is 0 Å². The van der Waals surface area contributed by atoms with Gasteiger partial charge < -0.3 is 5.32 Å². The molecule has 1 aliphatic rings. The second-order valence-electron chi connectivity index (χ2n) is 5.93. The Morgan fingerprint density at radius 2 is 2.05 bits per heavy atom. The summed E-state index contributed by atoms with van der Waals surface area (Å²) in [5, 5.41) is 8.21. The van der Waals surface area contributed by atoms with Crippen LogP contribution >= 0.6 is 0 Å². The fraction of sp³-hybridized carbons (Fsp3) is 0.812. The van der Waals surface area contributed by atoms with Crippen molar-refractivity contribution in [3.05, 3.63) is 18.0 Å². The Labute approximate surface area is 117 Å². The van der Waals surface area contributed by atoms with Crippen molar-refractivity contribution in [2.24, 2.45) is 5.92 Å². The summed E-state index contributed by atoms with van der Waals surface area (Å²) in [7, 11) is 0. The third-order valence-corrected chi connectivity index (χ3v) is 4.60. The van der Waals surface area contributed by atoms with E-state index in [0.29, 0.717) is 12.1 Å². The van der Waals surface area contributed by atoms with Gasteiger partial charge in [-0.3, -0.25) is 4.68 Å². The van der Waals surface area contributed by atoms with Crippen molar-refractivity contribution in [3.63, 3.8) is 0 Å². The highest BCUT2D eigenvalue weighted by Crippen LogP contribution is 2.29. The van der Waals surface area contributed by atoms with Crippen LogP contribution in [0.2, 0.25) is 0 Å². The molecule has 2 atom stereocenters. The number of rotatable bonds is 6. The van der Waals surface area contributed by atoms with E-state index in [9.17, 15) is 0 Å². The van der Waals surface area contributed by atoms with Crippen LogP contribution < -0.4 is 5.32 Å². The number of hydrogen-bond donors (Lipinski definition) is 1. The second kappa shape index (κ2) is 7.09. The molecule has 3 heteroatoms. The van der Waals surface area contributed by atoms with E-state index in [-0.39, 0.29) is 0 Å². The maximum absolute atomic E-state index is 4.38. The van der Waals surface area contributed by atoms with Crippen molar-refractivity contribution < 1.29 is 0 Å². The lowest BCUT2D eigenvalue weighted by Crippen LogP contribution is -2.38. The Bertz CT molecular complexity index is 366. The highest BCUT2D eigenvalue weighted by molar-refractivity contribution is 5.09. The highest BCUT2D eigenvalue weighted by Gasteiger charge is 2.23. The van der Waals surface area contributed by atoms with Crippen molar-refractivity contribution in [2.45, 2.75) is 77.9 Å². The van der Waals surface area contributed by atoms with Gasteiger partial charge in [-0.25, -0.2) is 0 Å². The zero-order valence-corrected chi connectivity index (χ0v) is 12.7. The van der Waals surface area contributed by atoms with Crippen molar-refractivity contribution in [1.29, 1.82) is 0 Å². The Hall–Kier alpha value is -0.830. The first-order chi connectivity index (χ1) is 9.24. The molecule has 1 aliphatic carbocycles. The first-order valence-electron chi connectivity index (χ1n) is 8.03. The maximum Gasteiger partial charge on any atom is 0.0537 e. The van der Waals surface area contributed by atoms with Gasteiger partial charge in [0, 0.05) is 30.4 Å². The average Bonchev–Trinajstić information content (AvgIpc) is 2.94. The van der Waals surface area contributed by atoms with Crippen LogP contribution in [0.1, 0.15) is 70.9 Å². The predicted molar refractivity (Wildman–Crippen MR) is 80.1 cm³/mol. The van der Waals surface area contributed by atoms with Gasteiger partial charge in [0.2, 0.25) is 0 Å². The lowest BCUT2D eigenvalue weighted by atomic mass is 9.82. The topological polar surface area (TPSA) is 29.9 Å². The first-order valence-corrected chi connectivity index (χ1v) is 8.03. The summed E-state index contributed by atoms with van der Waals surface area (Å²) < 4.78 is 2.01. The van der Waals surface area contributed by atoms with E-state index in [1.54, 1.807) is 0 Å².